The predicted octanol–water partition coefficient (Wildman–Crippen LogP) is 1.96. The number of amides is 1. The molecule has 1 aromatic rings. The fraction of sp³-hybridized carbons (Fsp3) is 0.417. The van der Waals surface area contributed by atoms with Gasteiger partial charge in [-0.15, -0.1) is 0 Å². The fourth-order valence-electron chi connectivity index (χ4n) is 1.48. The van der Waals surface area contributed by atoms with Crippen LogP contribution in [0.1, 0.15) is 18.4 Å². The second-order valence-corrected chi connectivity index (χ2v) is 5.05. The molecule has 3 nitrogen and oxygen atoms in total. The van der Waals surface area contributed by atoms with E-state index in [1.54, 1.807) is 6.07 Å². The summed E-state index contributed by atoms with van der Waals surface area (Å²) in [4.78, 5) is 11.3. The molecule has 0 bridgehead atoms. The van der Waals surface area contributed by atoms with Crippen LogP contribution in [0.2, 0.25) is 0 Å². The summed E-state index contributed by atoms with van der Waals surface area (Å²) in [5, 5.41) is 5.86. The van der Waals surface area contributed by atoms with Gasteiger partial charge in [-0.05, 0) is 46.5 Å². The number of hydrogen-bond donors (Lipinski definition) is 2. The smallest absolute Gasteiger partial charge is 0.234 e. The molecule has 2 rings (SSSR count). The number of halogens is 2. The van der Waals surface area contributed by atoms with E-state index in [9.17, 15) is 9.18 Å². The first-order chi connectivity index (χ1) is 8.15. The number of carbonyl (C=O) groups excluding carboxylic acids is 1. The molecule has 0 unspecified atom stereocenters. The van der Waals surface area contributed by atoms with Gasteiger partial charge in [0.1, 0.15) is 5.82 Å². The maximum Gasteiger partial charge on any atom is 0.234 e. The zero-order valence-corrected chi connectivity index (χ0v) is 10.9. The molecule has 92 valence electrons. The zero-order valence-electron chi connectivity index (χ0n) is 9.30. The van der Waals surface area contributed by atoms with Gasteiger partial charge in [0.2, 0.25) is 5.91 Å². The van der Waals surface area contributed by atoms with E-state index in [-0.39, 0.29) is 18.3 Å². The largest absolute Gasteiger partial charge is 0.352 e. The van der Waals surface area contributed by atoms with Gasteiger partial charge in [0, 0.05) is 12.6 Å². The van der Waals surface area contributed by atoms with Crippen LogP contribution in [0, 0.1) is 5.82 Å². The Morgan fingerprint density at radius 3 is 2.88 bits per heavy atom. The Labute approximate surface area is 108 Å². The molecule has 2 N–H and O–H groups in total. The van der Waals surface area contributed by atoms with Gasteiger partial charge in [-0.25, -0.2) is 4.39 Å². The van der Waals surface area contributed by atoms with E-state index in [4.69, 9.17) is 0 Å². The first kappa shape index (κ1) is 12.5. The highest BCUT2D eigenvalue weighted by Crippen LogP contribution is 2.18. The van der Waals surface area contributed by atoms with Crippen molar-refractivity contribution in [2.45, 2.75) is 25.4 Å². The van der Waals surface area contributed by atoms with Gasteiger partial charge in [-0.2, -0.15) is 0 Å². The van der Waals surface area contributed by atoms with E-state index in [1.165, 1.54) is 6.07 Å². The molecule has 1 fully saturated rings. The van der Waals surface area contributed by atoms with E-state index >= 15 is 0 Å². The Kier molecular flexibility index (Phi) is 4.12. The molecule has 5 heteroatoms. The van der Waals surface area contributed by atoms with Gasteiger partial charge in [-0.1, -0.05) is 6.07 Å². The Morgan fingerprint density at radius 2 is 2.24 bits per heavy atom. The summed E-state index contributed by atoms with van der Waals surface area (Å²) in [6.45, 7) is 0.760. The van der Waals surface area contributed by atoms with Crippen LogP contribution in [0.3, 0.4) is 0 Å². The lowest BCUT2D eigenvalue weighted by Crippen LogP contribution is -2.34. The minimum atomic E-state index is -0.285. The first-order valence-electron chi connectivity index (χ1n) is 5.59. The Balaban J connectivity index is 1.73. The maximum absolute atomic E-state index is 13.2. The van der Waals surface area contributed by atoms with E-state index in [0.717, 1.165) is 18.4 Å². The lowest BCUT2D eigenvalue weighted by Gasteiger charge is -2.06. The minimum absolute atomic E-state index is 0.00471. The molecule has 0 saturated heterocycles. The van der Waals surface area contributed by atoms with Crippen LogP contribution in [0.25, 0.3) is 0 Å². The van der Waals surface area contributed by atoms with Gasteiger partial charge in [0.15, 0.2) is 0 Å². The van der Waals surface area contributed by atoms with Crippen molar-refractivity contribution < 1.29 is 9.18 Å². The average Bonchev–Trinajstić information content (AvgIpc) is 3.07. The number of carbonyl (C=O) groups is 1. The van der Waals surface area contributed by atoms with Gasteiger partial charge < -0.3 is 10.6 Å². The third-order valence-corrected chi connectivity index (χ3v) is 3.18. The Bertz CT molecular complexity index is 421. The zero-order chi connectivity index (χ0) is 12.3. The van der Waals surface area contributed by atoms with Crippen molar-refractivity contribution in [1.82, 2.24) is 10.6 Å². The number of benzene rings is 1. The minimum Gasteiger partial charge on any atom is -0.352 e. The monoisotopic (exact) mass is 300 g/mol. The molecule has 0 spiro atoms. The molecule has 17 heavy (non-hydrogen) atoms. The van der Waals surface area contributed by atoms with Crippen LogP contribution in [-0.2, 0) is 11.3 Å². The summed E-state index contributed by atoms with van der Waals surface area (Å²) < 4.78 is 13.6. The first-order valence-corrected chi connectivity index (χ1v) is 6.38. The van der Waals surface area contributed by atoms with Crippen LogP contribution < -0.4 is 10.6 Å². The predicted molar refractivity (Wildman–Crippen MR) is 67.0 cm³/mol. The summed E-state index contributed by atoms with van der Waals surface area (Å²) in [6, 6.07) is 5.32. The van der Waals surface area contributed by atoms with Crippen molar-refractivity contribution in [2.24, 2.45) is 0 Å². The molecular weight excluding hydrogens is 287 g/mol. The average molecular weight is 301 g/mol. The Morgan fingerprint density at radius 1 is 1.47 bits per heavy atom. The molecule has 1 amide bonds. The highest BCUT2D eigenvalue weighted by molar-refractivity contribution is 9.10. The normalized spacial score (nSPS) is 14.7. The van der Waals surface area contributed by atoms with Crippen molar-refractivity contribution in [3.63, 3.8) is 0 Å². The van der Waals surface area contributed by atoms with Crippen molar-refractivity contribution in [1.29, 1.82) is 0 Å². The van der Waals surface area contributed by atoms with Crippen molar-refractivity contribution >= 4 is 21.8 Å². The fourth-order valence-corrected chi connectivity index (χ4v) is 1.72. The third kappa shape index (κ3) is 4.09. The van der Waals surface area contributed by atoms with Crippen LogP contribution in [0.4, 0.5) is 4.39 Å². The molecule has 1 saturated carbocycles. The summed E-state index contributed by atoms with van der Waals surface area (Å²) in [5.74, 6) is -0.281. The van der Waals surface area contributed by atoms with Gasteiger partial charge in [0.05, 0.1) is 11.0 Å². The second kappa shape index (κ2) is 5.60. The highest BCUT2D eigenvalue weighted by Gasteiger charge is 2.22. The van der Waals surface area contributed by atoms with Crippen LogP contribution in [0.5, 0.6) is 0 Å². The molecule has 0 radical (unpaired) electrons. The SMILES string of the molecule is O=C(CNCc1ccc(Br)c(F)c1)NC1CC1. The molecule has 0 aliphatic heterocycles. The second-order valence-electron chi connectivity index (χ2n) is 4.19. The Hall–Kier alpha value is -0.940. The van der Waals surface area contributed by atoms with Crippen molar-refractivity contribution in [3.05, 3.63) is 34.1 Å². The van der Waals surface area contributed by atoms with Gasteiger partial charge in [0.25, 0.3) is 0 Å². The molecular formula is C12H14BrFN2O. The lowest BCUT2D eigenvalue weighted by molar-refractivity contribution is -0.120. The van der Waals surface area contributed by atoms with E-state index in [2.05, 4.69) is 26.6 Å². The lowest BCUT2D eigenvalue weighted by atomic mass is 10.2. The van der Waals surface area contributed by atoms with Crippen LogP contribution in [-0.4, -0.2) is 18.5 Å². The summed E-state index contributed by atoms with van der Waals surface area (Å²) in [6.07, 6.45) is 2.17. The number of rotatable bonds is 5. The summed E-state index contributed by atoms with van der Waals surface area (Å²) in [5.41, 5.74) is 0.824. The maximum atomic E-state index is 13.2. The van der Waals surface area contributed by atoms with E-state index in [0.29, 0.717) is 17.1 Å². The third-order valence-electron chi connectivity index (χ3n) is 2.54. The summed E-state index contributed by atoms with van der Waals surface area (Å²) >= 11 is 3.10. The topological polar surface area (TPSA) is 41.1 Å². The molecule has 0 heterocycles. The molecule has 1 aromatic carbocycles. The van der Waals surface area contributed by atoms with Crippen molar-refractivity contribution in [3.8, 4) is 0 Å². The number of nitrogens with one attached hydrogen (secondary N) is 2. The highest BCUT2D eigenvalue weighted by atomic mass is 79.9. The van der Waals surface area contributed by atoms with E-state index < -0.39 is 0 Å². The molecule has 1 aliphatic carbocycles. The van der Waals surface area contributed by atoms with Crippen LogP contribution in [0.15, 0.2) is 22.7 Å². The molecule has 0 aromatic heterocycles. The molecule has 0 atom stereocenters. The van der Waals surface area contributed by atoms with Gasteiger partial charge >= 0.3 is 0 Å². The van der Waals surface area contributed by atoms with Gasteiger partial charge in [-0.3, -0.25) is 4.79 Å². The molecule has 1 aliphatic rings. The quantitative estimate of drug-likeness (QED) is 0.873. The summed E-state index contributed by atoms with van der Waals surface area (Å²) in [7, 11) is 0. The van der Waals surface area contributed by atoms with Crippen LogP contribution >= 0.6 is 15.9 Å². The standard InChI is InChI=1S/C12H14BrFN2O/c13-10-4-1-8(5-11(10)14)6-15-7-12(17)16-9-2-3-9/h1,4-5,9,15H,2-3,6-7H2,(H,16,17). The van der Waals surface area contributed by atoms with Crippen molar-refractivity contribution in [2.75, 3.05) is 6.54 Å². The number of hydrogen-bond acceptors (Lipinski definition) is 2. The van der Waals surface area contributed by atoms with E-state index in [1.807, 2.05) is 6.07 Å².